The minimum Gasteiger partial charge on any atom is -0.392 e. The number of aromatic nitrogens is 2. The SMILES string of the molecule is Cc1nccn1-c1ccccc1CNC(=O)[C@@H]1CN(C)CC[C@H]1O. The second-order valence-electron chi connectivity index (χ2n) is 6.42. The van der Waals surface area contributed by atoms with Crippen molar-refractivity contribution in [1.82, 2.24) is 19.8 Å². The summed E-state index contributed by atoms with van der Waals surface area (Å²) in [6.45, 7) is 3.80. The standard InChI is InChI=1S/C18H24N4O2/c1-13-19-8-10-22(13)16-6-4-3-5-14(16)11-20-18(24)15-12-21(2)9-7-17(15)23/h3-6,8,10,15,17,23H,7,9,11-12H2,1-2H3,(H,20,24)/t15-,17-/m1/s1. The van der Waals surface area contributed by atoms with Crippen LogP contribution in [-0.2, 0) is 11.3 Å². The number of carbonyl (C=O) groups excluding carboxylic acids is 1. The fourth-order valence-corrected chi connectivity index (χ4v) is 3.20. The molecule has 2 atom stereocenters. The van der Waals surface area contributed by atoms with E-state index < -0.39 is 6.10 Å². The number of aliphatic hydroxyl groups excluding tert-OH is 1. The van der Waals surface area contributed by atoms with Crippen LogP contribution >= 0.6 is 0 Å². The summed E-state index contributed by atoms with van der Waals surface area (Å²) in [7, 11) is 1.98. The number of nitrogens with one attached hydrogen (secondary N) is 1. The molecule has 1 aliphatic heterocycles. The highest BCUT2D eigenvalue weighted by atomic mass is 16.3. The summed E-state index contributed by atoms with van der Waals surface area (Å²) >= 11 is 0. The maximum atomic E-state index is 12.5. The van der Waals surface area contributed by atoms with Crippen molar-refractivity contribution in [3.05, 3.63) is 48.0 Å². The molecule has 0 spiro atoms. The van der Waals surface area contributed by atoms with Crippen LogP contribution in [0, 0.1) is 12.8 Å². The Morgan fingerprint density at radius 3 is 2.96 bits per heavy atom. The van der Waals surface area contributed by atoms with Gasteiger partial charge in [0.2, 0.25) is 5.91 Å². The monoisotopic (exact) mass is 328 g/mol. The van der Waals surface area contributed by atoms with Gasteiger partial charge in [-0.1, -0.05) is 18.2 Å². The molecular formula is C18H24N4O2. The topological polar surface area (TPSA) is 70.4 Å². The molecule has 1 fully saturated rings. The van der Waals surface area contributed by atoms with Gasteiger partial charge in [0, 0.05) is 32.0 Å². The smallest absolute Gasteiger partial charge is 0.227 e. The van der Waals surface area contributed by atoms with Gasteiger partial charge >= 0.3 is 0 Å². The van der Waals surface area contributed by atoms with Crippen LogP contribution in [0.25, 0.3) is 5.69 Å². The van der Waals surface area contributed by atoms with Crippen molar-refractivity contribution < 1.29 is 9.90 Å². The van der Waals surface area contributed by atoms with Gasteiger partial charge in [0.25, 0.3) is 0 Å². The number of imidazole rings is 1. The zero-order valence-corrected chi connectivity index (χ0v) is 14.1. The van der Waals surface area contributed by atoms with E-state index in [-0.39, 0.29) is 11.8 Å². The first-order valence-electron chi connectivity index (χ1n) is 8.29. The van der Waals surface area contributed by atoms with Crippen LogP contribution in [-0.4, -0.2) is 51.7 Å². The van der Waals surface area contributed by atoms with E-state index in [1.807, 2.05) is 49.0 Å². The third-order valence-electron chi connectivity index (χ3n) is 4.65. The number of benzene rings is 1. The number of aliphatic hydroxyl groups is 1. The Balaban J connectivity index is 1.71. The Kier molecular flexibility index (Phi) is 4.97. The summed E-state index contributed by atoms with van der Waals surface area (Å²) in [6, 6.07) is 7.94. The van der Waals surface area contributed by atoms with Gasteiger partial charge in [-0.25, -0.2) is 4.98 Å². The average Bonchev–Trinajstić information content (AvgIpc) is 3.01. The number of para-hydroxylation sites is 1. The van der Waals surface area contributed by atoms with E-state index >= 15 is 0 Å². The molecule has 0 bridgehead atoms. The molecule has 2 N–H and O–H groups in total. The lowest BCUT2D eigenvalue weighted by atomic mass is 9.94. The van der Waals surface area contributed by atoms with E-state index in [0.29, 0.717) is 19.5 Å². The van der Waals surface area contributed by atoms with Crippen LogP contribution < -0.4 is 5.32 Å². The summed E-state index contributed by atoms with van der Waals surface area (Å²) in [5, 5.41) is 13.1. The second kappa shape index (κ2) is 7.15. The number of likely N-dealkylation sites (tertiary alicyclic amines) is 1. The predicted octanol–water partition coefficient (Wildman–Crippen LogP) is 1.11. The van der Waals surface area contributed by atoms with Crippen LogP contribution in [0.15, 0.2) is 36.7 Å². The summed E-state index contributed by atoms with van der Waals surface area (Å²) in [6.07, 6.45) is 3.75. The van der Waals surface area contributed by atoms with Crippen molar-refractivity contribution in [3.8, 4) is 5.69 Å². The second-order valence-corrected chi connectivity index (χ2v) is 6.42. The Morgan fingerprint density at radius 2 is 2.21 bits per heavy atom. The first-order chi connectivity index (χ1) is 11.6. The van der Waals surface area contributed by atoms with Crippen LogP contribution in [0.5, 0.6) is 0 Å². The summed E-state index contributed by atoms with van der Waals surface area (Å²) in [5.74, 6) is 0.440. The Labute approximate surface area is 142 Å². The van der Waals surface area contributed by atoms with E-state index in [1.54, 1.807) is 6.20 Å². The molecule has 3 rings (SSSR count). The van der Waals surface area contributed by atoms with E-state index in [2.05, 4.69) is 15.2 Å². The van der Waals surface area contributed by atoms with Crippen LogP contribution in [0.4, 0.5) is 0 Å². The number of nitrogens with zero attached hydrogens (tertiary/aromatic N) is 3. The van der Waals surface area contributed by atoms with Gasteiger partial charge in [0.1, 0.15) is 5.82 Å². The molecule has 1 aromatic heterocycles. The highest BCUT2D eigenvalue weighted by Gasteiger charge is 2.31. The normalized spacial score (nSPS) is 21.6. The molecule has 6 heteroatoms. The van der Waals surface area contributed by atoms with Crippen LogP contribution in [0.3, 0.4) is 0 Å². The number of hydrogen-bond acceptors (Lipinski definition) is 4. The number of aryl methyl sites for hydroxylation is 1. The van der Waals surface area contributed by atoms with Gasteiger partial charge in [0.15, 0.2) is 0 Å². The van der Waals surface area contributed by atoms with Gasteiger partial charge in [-0.05, 0) is 32.0 Å². The molecule has 2 aromatic rings. The lowest BCUT2D eigenvalue weighted by Crippen LogP contribution is -2.48. The van der Waals surface area contributed by atoms with Crippen LogP contribution in [0.2, 0.25) is 0 Å². The van der Waals surface area contributed by atoms with Crippen molar-refractivity contribution >= 4 is 5.91 Å². The summed E-state index contributed by atoms with van der Waals surface area (Å²) < 4.78 is 2.00. The van der Waals surface area contributed by atoms with Crippen molar-refractivity contribution in [2.75, 3.05) is 20.1 Å². The molecule has 0 unspecified atom stereocenters. The third kappa shape index (κ3) is 3.49. The lowest BCUT2D eigenvalue weighted by Gasteiger charge is -2.32. The molecule has 1 aliphatic rings. The summed E-state index contributed by atoms with van der Waals surface area (Å²) in [5.41, 5.74) is 2.03. The van der Waals surface area contributed by atoms with Crippen molar-refractivity contribution in [2.45, 2.75) is 26.0 Å². The Bertz CT molecular complexity index is 713. The lowest BCUT2D eigenvalue weighted by molar-refractivity contribution is -0.131. The minimum absolute atomic E-state index is 0.0915. The molecule has 0 aliphatic carbocycles. The molecule has 1 saturated heterocycles. The molecule has 1 aromatic carbocycles. The maximum Gasteiger partial charge on any atom is 0.227 e. The number of piperidine rings is 1. The number of carbonyl (C=O) groups is 1. The van der Waals surface area contributed by atoms with Crippen molar-refractivity contribution in [2.24, 2.45) is 5.92 Å². The molecule has 0 radical (unpaired) electrons. The van der Waals surface area contributed by atoms with Crippen LogP contribution in [0.1, 0.15) is 17.8 Å². The molecule has 1 amide bonds. The third-order valence-corrected chi connectivity index (χ3v) is 4.65. The number of rotatable bonds is 4. The van der Waals surface area contributed by atoms with Crippen molar-refractivity contribution in [1.29, 1.82) is 0 Å². The van der Waals surface area contributed by atoms with E-state index in [4.69, 9.17) is 0 Å². The maximum absolute atomic E-state index is 12.5. The van der Waals surface area contributed by atoms with Gasteiger partial charge < -0.3 is 19.9 Å². The van der Waals surface area contributed by atoms with Gasteiger partial charge in [0.05, 0.1) is 17.7 Å². The number of hydrogen-bond donors (Lipinski definition) is 2. The Hall–Kier alpha value is -2.18. The molecular weight excluding hydrogens is 304 g/mol. The fraction of sp³-hybridized carbons (Fsp3) is 0.444. The largest absolute Gasteiger partial charge is 0.392 e. The predicted molar refractivity (Wildman–Crippen MR) is 91.8 cm³/mol. The quantitative estimate of drug-likeness (QED) is 0.882. The fourth-order valence-electron chi connectivity index (χ4n) is 3.20. The average molecular weight is 328 g/mol. The first kappa shape index (κ1) is 16.7. The molecule has 24 heavy (non-hydrogen) atoms. The zero-order valence-electron chi connectivity index (χ0n) is 14.1. The van der Waals surface area contributed by atoms with Gasteiger partial charge in [-0.3, -0.25) is 4.79 Å². The van der Waals surface area contributed by atoms with E-state index in [0.717, 1.165) is 23.6 Å². The van der Waals surface area contributed by atoms with Gasteiger partial charge in [-0.15, -0.1) is 0 Å². The van der Waals surface area contributed by atoms with E-state index in [1.165, 1.54) is 0 Å². The highest BCUT2D eigenvalue weighted by Crippen LogP contribution is 2.18. The molecule has 128 valence electrons. The molecule has 2 heterocycles. The zero-order chi connectivity index (χ0) is 17.1. The molecule has 0 saturated carbocycles. The minimum atomic E-state index is -0.563. The highest BCUT2D eigenvalue weighted by molar-refractivity contribution is 5.79. The summed E-state index contributed by atoms with van der Waals surface area (Å²) in [4.78, 5) is 18.8. The van der Waals surface area contributed by atoms with Gasteiger partial charge in [-0.2, -0.15) is 0 Å². The molecule has 6 nitrogen and oxygen atoms in total. The Morgan fingerprint density at radius 1 is 1.42 bits per heavy atom. The van der Waals surface area contributed by atoms with Crippen molar-refractivity contribution in [3.63, 3.8) is 0 Å². The van der Waals surface area contributed by atoms with E-state index in [9.17, 15) is 9.90 Å². The first-order valence-corrected chi connectivity index (χ1v) is 8.29. The number of amides is 1.